The second-order valence-electron chi connectivity index (χ2n) is 14.4. The molecule has 5 fully saturated rings. The van der Waals surface area contributed by atoms with Crippen LogP contribution in [0.3, 0.4) is 0 Å². The zero-order chi connectivity index (χ0) is 25.8. The third-order valence-electron chi connectivity index (χ3n) is 11.8. The maximum Gasteiger partial charge on any atom is 0.303 e. The molecule has 0 aromatic carbocycles. The van der Waals surface area contributed by atoms with Crippen molar-refractivity contribution in [2.75, 3.05) is 13.2 Å². The highest BCUT2D eigenvalue weighted by Crippen LogP contribution is 2.70. The van der Waals surface area contributed by atoms with Crippen LogP contribution in [0.1, 0.15) is 80.6 Å². The van der Waals surface area contributed by atoms with Crippen LogP contribution in [0.4, 0.5) is 0 Å². The molecule has 4 unspecified atom stereocenters. The number of hydrogen-bond acceptors (Lipinski definition) is 6. The van der Waals surface area contributed by atoms with Crippen LogP contribution in [0, 0.1) is 45.8 Å². The van der Waals surface area contributed by atoms with Crippen molar-refractivity contribution in [3.63, 3.8) is 0 Å². The van der Waals surface area contributed by atoms with Gasteiger partial charge in [0, 0.05) is 30.1 Å². The maximum atomic E-state index is 11.7. The highest BCUT2D eigenvalue weighted by Gasteiger charge is 2.70. The van der Waals surface area contributed by atoms with Gasteiger partial charge < -0.3 is 24.1 Å². The molecule has 3 saturated carbocycles. The summed E-state index contributed by atoms with van der Waals surface area (Å²) in [5.41, 5.74) is 1.38. The van der Waals surface area contributed by atoms with Crippen LogP contribution >= 0.6 is 0 Å². The van der Waals surface area contributed by atoms with Gasteiger partial charge in [0.2, 0.25) is 0 Å². The molecule has 4 aliphatic carbocycles. The van der Waals surface area contributed by atoms with Gasteiger partial charge in [-0.15, -0.1) is 0 Å². The summed E-state index contributed by atoms with van der Waals surface area (Å²) in [4.78, 5) is 11.7. The van der Waals surface area contributed by atoms with Gasteiger partial charge in [-0.2, -0.15) is 0 Å². The zero-order valence-corrected chi connectivity index (χ0v) is 23.2. The molecule has 0 aromatic heterocycles. The van der Waals surface area contributed by atoms with Gasteiger partial charge >= 0.3 is 5.97 Å². The molecule has 2 aliphatic heterocycles. The third kappa shape index (κ3) is 3.53. The van der Waals surface area contributed by atoms with Gasteiger partial charge in [0.1, 0.15) is 12.2 Å². The van der Waals surface area contributed by atoms with E-state index in [2.05, 4.69) is 47.6 Å². The van der Waals surface area contributed by atoms with Crippen LogP contribution in [-0.2, 0) is 23.7 Å². The predicted octanol–water partition coefficient (Wildman–Crippen LogP) is 4.88. The van der Waals surface area contributed by atoms with Gasteiger partial charge in [-0.3, -0.25) is 4.79 Å². The largest absolute Gasteiger partial charge is 0.459 e. The average Bonchev–Trinajstić information content (AvgIpc) is 3.54. The Morgan fingerprint density at radius 3 is 2.44 bits per heavy atom. The third-order valence-corrected chi connectivity index (χ3v) is 11.8. The number of esters is 1. The topological polar surface area (TPSA) is 77.5 Å². The van der Waals surface area contributed by atoms with Crippen LogP contribution in [0.2, 0.25) is 0 Å². The molecule has 2 saturated heterocycles. The standard InChI is InChI=1S/C30H46O6/c1-16(30(7)33-14-27(3,4)15-34-30)19-8-9-20-24-21(10-11-28(19,20)5)29(6)18(12-22(24)32)13-23(35-17(2)31)25-26(29)36-25/h12,16,19-26,32H,8-11,13-15H2,1-7H3/t16?,19-,20?,21?,22-,23-,24?,25+,26+,28-,29+/m1/s1. The van der Waals surface area contributed by atoms with Crippen LogP contribution in [-0.4, -0.2) is 54.5 Å². The number of rotatable bonds is 3. The molecule has 1 N–H and O–H groups in total. The number of aliphatic hydroxyl groups excluding tert-OH is 1. The lowest BCUT2D eigenvalue weighted by molar-refractivity contribution is -0.321. The van der Waals surface area contributed by atoms with Crippen molar-refractivity contribution in [2.45, 2.75) is 111 Å². The Hall–Kier alpha value is -0.950. The van der Waals surface area contributed by atoms with E-state index in [4.69, 9.17) is 18.9 Å². The first-order valence-electron chi connectivity index (χ1n) is 14.3. The number of aliphatic hydroxyl groups is 1. The quantitative estimate of drug-likeness (QED) is 0.337. The van der Waals surface area contributed by atoms with Crippen molar-refractivity contribution in [3.05, 3.63) is 11.6 Å². The van der Waals surface area contributed by atoms with Crippen molar-refractivity contribution in [1.29, 1.82) is 0 Å². The summed E-state index contributed by atoms with van der Waals surface area (Å²) in [6, 6.07) is 0. The number of epoxide rings is 1. The van der Waals surface area contributed by atoms with E-state index in [9.17, 15) is 9.90 Å². The Kier molecular flexibility index (Phi) is 5.65. The van der Waals surface area contributed by atoms with Gasteiger partial charge in [0.05, 0.1) is 25.4 Å². The molecular formula is C30H46O6. The molecule has 0 bridgehead atoms. The van der Waals surface area contributed by atoms with Crippen LogP contribution in [0.15, 0.2) is 11.6 Å². The van der Waals surface area contributed by atoms with E-state index in [1.54, 1.807) is 0 Å². The van der Waals surface area contributed by atoms with E-state index in [-0.39, 0.29) is 52.4 Å². The lowest BCUT2D eigenvalue weighted by atomic mass is 9.46. The minimum absolute atomic E-state index is 0.00130. The first kappa shape index (κ1) is 25.3. The van der Waals surface area contributed by atoms with E-state index >= 15 is 0 Å². The minimum Gasteiger partial charge on any atom is -0.459 e. The molecule has 0 spiro atoms. The van der Waals surface area contributed by atoms with Crippen molar-refractivity contribution in [1.82, 2.24) is 0 Å². The number of ether oxygens (including phenoxy) is 4. The molecule has 6 heteroatoms. The van der Waals surface area contributed by atoms with Crippen molar-refractivity contribution in [2.24, 2.45) is 45.8 Å². The molecule has 0 radical (unpaired) electrons. The highest BCUT2D eigenvalue weighted by atomic mass is 16.7. The SMILES string of the molecule is CC(=O)O[C@@H]1CC2=C[C@@H](O)C3C4CC[C@H](C(C)C5(C)OCC(C)(C)CO5)[C@@]4(C)CCC3[C@@]2(C)[C@H]2O[C@@H]12. The summed E-state index contributed by atoms with van der Waals surface area (Å²) < 4.78 is 24.7. The molecular weight excluding hydrogens is 456 g/mol. The maximum absolute atomic E-state index is 11.7. The van der Waals surface area contributed by atoms with Crippen molar-refractivity contribution < 1.29 is 28.8 Å². The van der Waals surface area contributed by atoms with Gasteiger partial charge in [0.15, 0.2) is 5.79 Å². The predicted molar refractivity (Wildman–Crippen MR) is 135 cm³/mol. The van der Waals surface area contributed by atoms with Crippen LogP contribution in [0.25, 0.3) is 0 Å². The molecule has 2 heterocycles. The Morgan fingerprint density at radius 2 is 1.78 bits per heavy atom. The zero-order valence-electron chi connectivity index (χ0n) is 23.2. The molecule has 6 rings (SSSR count). The average molecular weight is 503 g/mol. The van der Waals surface area contributed by atoms with Gasteiger partial charge in [0.25, 0.3) is 0 Å². The summed E-state index contributed by atoms with van der Waals surface area (Å²) in [7, 11) is 0. The molecule has 36 heavy (non-hydrogen) atoms. The lowest BCUT2D eigenvalue weighted by Gasteiger charge is -2.59. The Labute approximate surface area is 216 Å². The minimum atomic E-state index is -0.552. The van der Waals surface area contributed by atoms with Gasteiger partial charge in [-0.25, -0.2) is 0 Å². The fraction of sp³-hybridized carbons (Fsp3) is 0.900. The van der Waals surface area contributed by atoms with E-state index in [0.29, 0.717) is 24.2 Å². The Balaban J connectivity index is 1.26. The number of carbonyl (C=O) groups excluding carboxylic acids is 1. The first-order valence-corrected chi connectivity index (χ1v) is 14.3. The summed E-state index contributed by atoms with van der Waals surface area (Å²) >= 11 is 0. The van der Waals surface area contributed by atoms with Gasteiger partial charge in [-0.05, 0) is 61.7 Å². The fourth-order valence-electron chi connectivity index (χ4n) is 9.58. The number of carbonyl (C=O) groups is 1. The number of fused-ring (bicyclic) bond motifs is 7. The first-order chi connectivity index (χ1) is 16.8. The van der Waals surface area contributed by atoms with Crippen molar-refractivity contribution in [3.8, 4) is 0 Å². The van der Waals surface area contributed by atoms with E-state index in [1.165, 1.54) is 12.5 Å². The second kappa shape index (κ2) is 8.03. The van der Waals surface area contributed by atoms with E-state index < -0.39 is 11.9 Å². The summed E-state index contributed by atoms with van der Waals surface area (Å²) in [6.45, 7) is 16.7. The number of hydrogen-bond donors (Lipinski definition) is 1. The second-order valence-corrected chi connectivity index (χ2v) is 14.4. The monoisotopic (exact) mass is 502 g/mol. The highest BCUT2D eigenvalue weighted by molar-refractivity contribution is 5.66. The molecule has 0 amide bonds. The van der Waals surface area contributed by atoms with Crippen LogP contribution < -0.4 is 0 Å². The molecule has 6 nitrogen and oxygen atoms in total. The van der Waals surface area contributed by atoms with Crippen molar-refractivity contribution >= 4 is 5.97 Å². The van der Waals surface area contributed by atoms with Gasteiger partial charge in [-0.1, -0.05) is 46.3 Å². The molecule has 6 aliphatic rings. The normalized spacial score (nSPS) is 51.1. The summed E-state index contributed by atoms with van der Waals surface area (Å²) in [5, 5.41) is 11.6. The summed E-state index contributed by atoms with van der Waals surface area (Å²) in [5.74, 6) is 1.10. The molecule has 202 valence electrons. The fourth-order valence-corrected chi connectivity index (χ4v) is 9.58. The summed E-state index contributed by atoms with van der Waals surface area (Å²) in [6.07, 6.45) is 6.79. The lowest BCUT2D eigenvalue weighted by Crippen LogP contribution is -2.58. The van der Waals surface area contributed by atoms with E-state index in [1.807, 2.05) is 0 Å². The van der Waals surface area contributed by atoms with E-state index in [0.717, 1.165) is 38.9 Å². The molecule has 11 atom stereocenters. The Morgan fingerprint density at radius 1 is 1.08 bits per heavy atom. The molecule has 0 aromatic rings. The smallest absolute Gasteiger partial charge is 0.303 e. The Bertz CT molecular complexity index is 947. The van der Waals surface area contributed by atoms with Crippen LogP contribution in [0.5, 0.6) is 0 Å².